The van der Waals surface area contributed by atoms with Crippen molar-refractivity contribution < 1.29 is 13.2 Å². The average molecular weight is 262 g/mol. The maximum Gasteiger partial charge on any atom is 0.416 e. The molecule has 0 radical (unpaired) electrons. The van der Waals surface area contributed by atoms with Gasteiger partial charge in [0.15, 0.2) is 3.95 Å². The maximum absolute atomic E-state index is 12.4. The summed E-state index contributed by atoms with van der Waals surface area (Å²) in [6, 6.07) is 5.00. The van der Waals surface area contributed by atoms with Crippen LogP contribution in [0.25, 0.3) is 10.6 Å². The number of aromatic amines is 1. The van der Waals surface area contributed by atoms with Crippen LogP contribution in [-0.2, 0) is 6.18 Å². The number of H-pyrrole nitrogens is 1. The summed E-state index contributed by atoms with van der Waals surface area (Å²) >= 11 is 5.96. The van der Waals surface area contributed by atoms with Gasteiger partial charge in [0, 0.05) is 5.56 Å². The predicted molar refractivity (Wildman–Crippen MR) is 57.7 cm³/mol. The summed E-state index contributed by atoms with van der Waals surface area (Å²) in [5.74, 6) is 0. The molecule has 2 nitrogen and oxygen atoms in total. The van der Waals surface area contributed by atoms with Crippen molar-refractivity contribution in [3.8, 4) is 10.6 Å². The van der Waals surface area contributed by atoms with Gasteiger partial charge in [-0.15, -0.1) is 0 Å². The summed E-state index contributed by atoms with van der Waals surface area (Å²) in [7, 11) is 0. The molecule has 0 aliphatic heterocycles. The lowest BCUT2D eigenvalue weighted by Crippen LogP contribution is -2.04. The van der Waals surface area contributed by atoms with Gasteiger partial charge >= 0.3 is 6.18 Å². The summed E-state index contributed by atoms with van der Waals surface area (Å²) in [5.41, 5.74) is -0.279. The van der Waals surface area contributed by atoms with Crippen molar-refractivity contribution >= 4 is 23.6 Å². The van der Waals surface area contributed by atoms with E-state index in [0.717, 1.165) is 23.5 Å². The van der Waals surface area contributed by atoms with Gasteiger partial charge in [-0.1, -0.05) is 23.5 Å². The molecule has 0 unspecified atom stereocenters. The number of hydrogen-bond acceptors (Lipinski definition) is 3. The molecule has 0 aliphatic rings. The van der Waals surface area contributed by atoms with E-state index in [9.17, 15) is 13.2 Å². The van der Waals surface area contributed by atoms with Crippen LogP contribution in [-0.4, -0.2) is 10.2 Å². The Balaban J connectivity index is 2.48. The summed E-state index contributed by atoms with van der Waals surface area (Å²) in [6.45, 7) is 0. The molecule has 1 aromatic carbocycles. The third-order valence-corrected chi connectivity index (χ3v) is 3.01. The maximum atomic E-state index is 12.4. The van der Waals surface area contributed by atoms with Crippen LogP contribution in [0.5, 0.6) is 0 Å². The third kappa shape index (κ3) is 2.30. The normalized spacial score (nSPS) is 11.7. The number of alkyl halides is 3. The quantitative estimate of drug-likeness (QED) is 0.790. The van der Waals surface area contributed by atoms with E-state index in [-0.39, 0.29) is 0 Å². The van der Waals surface area contributed by atoms with Crippen LogP contribution in [0.15, 0.2) is 24.3 Å². The minimum Gasteiger partial charge on any atom is -0.258 e. The van der Waals surface area contributed by atoms with Crippen LogP contribution in [0.4, 0.5) is 13.2 Å². The molecular formula is C9H5F3N2S2. The van der Waals surface area contributed by atoms with E-state index >= 15 is 0 Å². The van der Waals surface area contributed by atoms with Crippen molar-refractivity contribution in [1.82, 2.24) is 10.2 Å². The highest BCUT2D eigenvalue weighted by Gasteiger charge is 2.30. The topological polar surface area (TPSA) is 28.7 Å². The zero-order chi connectivity index (χ0) is 11.8. The number of rotatable bonds is 1. The average Bonchev–Trinajstić information content (AvgIpc) is 2.64. The molecule has 1 heterocycles. The van der Waals surface area contributed by atoms with E-state index in [4.69, 9.17) is 12.2 Å². The Morgan fingerprint density at radius 1 is 1.31 bits per heavy atom. The van der Waals surface area contributed by atoms with Crippen LogP contribution < -0.4 is 0 Å². The van der Waals surface area contributed by atoms with Gasteiger partial charge in [0.1, 0.15) is 5.01 Å². The van der Waals surface area contributed by atoms with E-state index in [1.165, 1.54) is 6.07 Å². The Kier molecular flexibility index (Phi) is 2.81. The van der Waals surface area contributed by atoms with Gasteiger partial charge in [-0.3, -0.25) is 5.10 Å². The SMILES string of the molecule is FC(F)(F)c1cccc(-c2n[nH]c(=S)s2)c1. The fourth-order valence-electron chi connectivity index (χ4n) is 1.18. The molecule has 0 fully saturated rings. The molecule has 0 spiro atoms. The number of benzene rings is 1. The van der Waals surface area contributed by atoms with Crippen LogP contribution >= 0.6 is 23.6 Å². The van der Waals surface area contributed by atoms with Crippen molar-refractivity contribution in [2.24, 2.45) is 0 Å². The fourth-order valence-corrected chi connectivity index (χ4v) is 2.07. The van der Waals surface area contributed by atoms with Crippen molar-refractivity contribution in [2.75, 3.05) is 0 Å². The molecule has 0 saturated heterocycles. The monoisotopic (exact) mass is 262 g/mol. The first-order chi connectivity index (χ1) is 7.47. The van der Waals surface area contributed by atoms with Crippen LogP contribution in [0.1, 0.15) is 5.56 Å². The number of aromatic nitrogens is 2. The molecule has 1 aromatic heterocycles. The standard InChI is InChI=1S/C9H5F3N2S2/c10-9(11,12)6-3-1-2-5(4-6)7-13-14-8(15)16-7/h1-4H,(H,14,15). The molecule has 0 amide bonds. The van der Waals surface area contributed by atoms with E-state index in [0.29, 0.717) is 14.5 Å². The Morgan fingerprint density at radius 2 is 2.06 bits per heavy atom. The van der Waals surface area contributed by atoms with E-state index in [1.54, 1.807) is 6.07 Å². The summed E-state index contributed by atoms with van der Waals surface area (Å²) < 4.78 is 37.8. The Bertz CT molecular complexity index is 556. The third-order valence-electron chi connectivity index (χ3n) is 1.87. The van der Waals surface area contributed by atoms with Gasteiger partial charge in [0.25, 0.3) is 0 Å². The van der Waals surface area contributed by atoms with Crippen LogP contribution in [0.2, 0.25) is 0 Å². The first-order valence-electron chi connectivity index (χ1n) is 4.20. The molecule has 7 heteroatoms. The predicted octanol–water partition coefficient (Wildman–Crippen LogP) is 3.89. The lowest BCUT2D eigenvalue weighted by Gasteiger charge is -2.06. The zero-order valence-electron chi connectivity index (χ0n) is 7.71. The summed E-state index contributed by atoms with van der Waals surface area (Å²) in [5, 5.41) is 6.81. The molecule has 2 rings (SSSR count). The highest BCUT2D eigenvalue weighted by atomic mass is 32.1. The fraction of sp³-hybridized carbons (Fsp3) is 0.111. The van der Waals surface area contributed by atoms with Gasteiger partial charge in [-0.05, 0) is 24.4 Å². The second-order valence-corrected chi connectivity index (χ2v) is 4.66. The van der Waals surface area contributed by atoms with E-state index in [1.807, 2.05) is 0 Å². The minimum atomic E-state index is -4.34. The van der Waals surface area contributed by atoms with Gasteiger partial charge in [-0.2, -0.15) is 18.3 Å². The van der Waals surface area contributed by atoms with Gasteiger partial charge in [0.05, 0.1) is 5.56 Å². The van der Waals surface area contributed by atoms with Crippen LogP contribution in [0, 0.1) is 3.95 Å². The molecule has 0 atom stereocenters. The molecule has 2 aromatic rings. The molecular weight excluding hydrogens is 257 g/mol. The summed E-state index contributed by atoms with van der Waals surface area (Å²) in [4.78, 5) is 0. The second kappa shape index (κ2) is 3.99. The van der Waals surface area contributed by atoms with Crippen molar-refractivity contribution in [2.45, 2.75) is 6.18 Å². The van der Waals surface area contributed by atoms with E-state index in [2.05, 4.69) is 10.2 Å². The Morgan fingerprint density at radius 3 is 2.62 bits per heavy atom. The Hall–Kier alpha value is -1.21. The lowest BCUT2D eigenvalue weighted by atomic mass is 10.1. The first kappa shape index (κ1) is 11.3. The molecule has 0 bridgehead atoms. The van der Waals surface area contributed by atoms with Gasteiger partial charge < -0.3 is 0 Å². The second-order valence-electron chi connectivity index (χ2n) is 3.00. The minimum absolute atomic E-state index is 0.409. The van der Waals surface area contributed by atoms with Crippen molar-refractivity contribution in [3.63, 3.8) is 0 Å². The van der Waals surface area contributed by atoms with Crippen molar-refractivity contribution in [3.05, 3.63) is 33.8 Å². The first-order valence-corrected chi connectivity index (χ1v) is 5.42. The van der Waals surface area contributed by atoms with Gasteiger partial charge in [-0.25, -0.2) is 0 Å². The molecule has 84 valence electrons. The van der Waals surface area contributed by atoms with Crippen molar-refractivity contribution in [1.29, 1.82) is 0 Å². The number of nitrogens with zero attached hydrogens (tertiary/aromatic N) is 1. The van der Waals surface area contributed by atoms with Gasteiger partial charge in [0.2, 0.25) is 0 Å². The highest BCUT2D eigenvalue weighted by molar-refractivity contribution is 7.73. The zero-order valence-corrected chi connectivity index (χ0v) is 9.34. The molecule has 0 saturated carbocycles. The van der Waals surface area contributed by atoms with E-state index < -0.39 is 11.7 Å². The Labute approximate surface area is 97.8 Å². The van der Waals surface area contributed by atoms with Crippen LogP contribution in [0.3, 0.4) is 0 Å². The highest BCUT2D eigenvalue weighted by Crippen LogP contribution is 2.32. The molecule has 0 aliphatic carbocycles. The largest absolute Gasteiger partial charge is 0.416 e. The lowest BCUT2D eigenvalue weighted by molar-refractivity contribution is -0.137. The summed E-state index contributed by atoms with van der Waals surface area (Å²) in [6.07, 6.45) is -4.34. The number of hydrogen-bond donors (Lipinski definition) is 1. The number of nitrogens with one attached hydrogen (secondary N) is 1. The smallest absolute Gasteiger partial charge is 0.258 e. The molecule has 16 heavy (non-hydrogen) atoms. The number of halogens is 3. The molecule has 1 N–H and O–H groups in total.